The van der Waals surface area contributed by atoms with Crippen molar-refractivity contribution in [1.29, 1.82) is 0 Å². The van der Waals surface area contributed by atoms with Crippen LogP contribution in [0.3, 0.4) is 0 Å². The van der Waals surface area contributed by atoms with Crippen molar-refractivity contribution in [2.24, 2.45) is 0 Å². The van der Waals surface area contributed by atoms with Gasteiger partial charge in [-0.05, 0) is 39.7 Å². The molecule has 0 unspecified atom stereocenters. The zero-order chi connectivity index (χ0) is 17.7. The topological polar surface area (TPSA) is 97.1 Å². The molecule has 0 atom stereocenters. The number of amides is 1. The highest BCUT2D eigenvalue weighted by atomic mass is 16.4. The van der Waals surface area contributed by atoms with Gasteiger partial charge in [-0.2, -0.15) is 5.10 Å². The molecule has 7 heteroatoms. The van der Waals surface area contributed by atoms with Gasteiger partial charge >= 0.3 is 5.97 Å². The van der Waals surface area contributed by atoms with Gasteiger partial charge < -0.3 is 10.4 Å². The fourth-order valence-electron chi connectivity index (χ4n) is 2.58. The molecular weight excluding hydrogens is 308 g/mol. The summed E-state index contributed by atoms with van der Waals surface area (Å²) < 4.78 is 1.81. The average molecular weight is 332 g/mol. The molecule has 130 valence electrons. The summed E-state index contributed by atoms with van der Waals surface area (Å²) in [7, 11) is 0. The molecule has 0 saturated carbocycles. The molecule has 7 nitrogen and oxygen atoms in total. The number of hydrogen-bond acceptors (Lipinski definition) is 4. The molecule has 24 heavy (non-hydrogen) atoms. The number of rotatable bonds is 8. The Balaban J connectivity index is 2.03. The second-order valence-corrected chi connectivity index (χ2v) is 6.19. The quantitative estimate of drug-likeness (QED) is 0.724. The van der Waals surface area contributed by atoms with E-state index in [1.54, 1.807) is 12.3 Å². The lowest BCUT2D eigenvalue weighted by Gasteiger charge is -2.09. The number of nitrogens with one attached hydrogen (secondary N) is 1. The summed E-state index contributed by atoms with van der Waals surface area (Å²) in [6, 6.07) is 1.94. The first-order valence-electron chi connectivity index (χ1n) is 8.25. The molecule has 0 radical (unpaired) electrons. The lowest BCUT2D eigenvalue weighted by Crippen LogP contribution is -2.25. The number of aryl methyl sites for hydroxylation is 1. The van der Waals surface area contributed by atoms with Gasteiger partial charge in [0.25, 0.3) is 5.91 Å². The van der Waals surface area contributed by atoms with Gasteiger partial charge in [-0.1, -0.05) is 6.42 Å². The summed E-state index contributed by atoms with van der Waals surface area (Å²) in [6.07, 6.45) is 4.03. The van der Waals surface area contributed by atoms with E-state index < -0.39 is 5.97 Å². The maximum atomic E-state index is 12.5. The summed E-state index contributed by atoms with van der Waals surface area (Å²) in [5.74, 6) is -0.928. The first-order valence-corrected chi connectivity index (χ1v) is 8.25. The molecule has 0 fully saturated rings. The summed E-state index contributed by atoms with van der Waals surface area (Å²) in [4.78, 5) is 27.4. The van der Waals surface area contributed by atoms with Gasteiger partial charge in [0, 0.05) is 24.7 Å². The molecule has 0 aliphatic rings. The molecule has 0 bridgehead atoms. The maximum absolute atomic E-state index is 12.5. The smallest absolute Gasteiger partial charge is 0.303 e. The number of carboxylic acid groups (broad SMARTS) is 1. The molecule has 2 aromatic heterocycles. The number of carbonyl (C=O) groups is 2. The van der Waals surface area contributed by atoms with E-state index >= 15 is 0 Å². The van der Waals surface area contributed by atoms with E-state index in [4.69, 9.17) is 5.11 Å². The third-order valence-corrected chi connectivity index (χ3v) is 3.78. The number of nitrogens with zero attached hydrogens (tertiary/aromatic N) is 3. The van der Waals surface area contributed by atoms with E-state index in [0.717, 1.165) is 29.6 Å². The monoisotopic (exact) mass is 332 g/mol. The number of unbranched alkanes of at least 4 members (excludes halogenated alkanes) is 2. The number of fused-ring (bicyclic) bond motifs is 1. The van der Waals surface area contributed by atoms with Crippen molar-refractivity contribution in [2.45, 2.75) is 52.5 Å². The molecule has 1 amide bonds. The van der Waals surface area contributed by atoms with Crippen LogP contribution in [-0.2, 0) is 4.79 Å². The molecule has 0 aromatic carbocycles. The van der Waals surface area contributed by atoms with Gasteiger partial charge in [0.05, 0.1) is 17.1 Å². The Hall–Kier alpha value is -2.44. The highest BCUT2D eigenvalue weighted by Crippen LogP contribution is 2.20. The molecule has 2 N–H and O–H groups in total. The van der Waals surface area contributed by atoms with Crippen molar-refractivity contribution < 1.29 is 14.7 Å². The van der Waals surface area contributed by atoms with E-state index in [1.807, 2.05) is 25.5 Å². The van der Waals surface area contributed by atoms with Crippen LogP contribution in [0.5, 0.6) is 0 Å². The lowest BCUT2D eigenvalue weighted by molar-refractivity contribution is -0.137. The van der Waals surface area contributed by atoms with Crippen LogP contribution < -0.4 is 5.32 Å². The second-order valence-electron chi connectivity index (χ2n) is 6.19. The molecule has 2 aromatic rings. The van der Waals surface area contributed by atoms with E-state index in [0.29, 0.717) is 18.5 Å². The lowest BCUT2D eigenvalue weighted by atomic mass is 10.1. The van der Waals surface area contributed by atoms with Crippen molar-refractivity contribution >= 4 is 22.9 Å². The summed E-state index contributed by atoms with van der Waals surface area (Å²) in [6.45, 7) is 6.43. The van der Waals surface area contributed by atoms with Gasteiger partial charge in [-0.25, -0.2) is 9.67 Å². The second kappa shape index (κ2) is 7.90. The van der Waals surface area contributed by atoms with E-state index in [2.05, 4.69) is 15.4 Å². The first kappa shape index (κ1) is 17.9. The van der Waals surface area contributed by atoms with Crippen LogP contribution in [0.2, 0.25) is 0 Å². The highest BCUT2D eigenvalue weighted by molar-refractivity contribution is 6.05. The molecule has 0 saturated heterocycles. The van der Waals surface area contributed by atoms with Crippen molar-refractivity contribution in [2.75, 3.05) is 6.54 Å². The number of aromatic nitrogens is 3. The minimum Gasteiger partial charge on any atom is -0.481 e. The summed E-state index contributed by atoms with van der Waals surface area (Å²) in [5, 5.41) is 16.6. The van der Waals surface area contributed by atoms with Gasteiger partial charge in [0.1, 0.15) is 0 Å². The van der Waals surface area contributed by atoms with E-state index in [-0.39, 0.29) is 18.4 Å². The SMILES string of the molecule is Cc1cc(C(=O)NCCCCCC(=O)O)c2cnn(C(C)C)c2n1. The van der Waals surface area contributed by atoms with E-state index in [9.17, 15) is 9.59 Å². The van der Waals surface area contributed by atoms with Gasteiger partial charge in [0.2, 0.25) is 0 Å². The highest BCUT2D eigenvalue weighted by Gasteiger charge is 2.16. The normalized spacial score (nSPS) is 11.2. The third-order valence-electron chi connectivity index (χ3n) is 3.78. The Kier molecular flexibility index (Phi) is 5.89. The van der Waals surface area contributed by atoms with Crippen molar-refractivity contribution in [3.8, 4) is 0 Å². The molecule has 0 aliphatic carbocycles. The van der Waals surface area contributed by atoms with Gasteiger partial charge in [-0.15, -0.1) is 0 Å². The minimum absolute atomic E-state index is 0.146. The van der Waals surface area contributed by atoms with Crippen LogP contribution in [0.1, 0.15) is 61.6 Å². The predicted octanol–water partition coefficient (Wildman–Crippen LogP) is 2.70. The Morgan fingerprint density at radius 3 is 2.71 bits per heavy atom. The maximum Gasteiger partial charge on any atom is 0.303 e. The molecule has 2 heterocycles. The Labute approximate surface area is 141 Å². The predicted molar refractivity (Wildman–Crippen MR) is 91.1 cm³/mol. The number of pyridine rings is 1. The van der Waals surface area contributed by atoms with E-state index in [1.165, 1.54) is 0 Å². The Morgan fingerprint density at radius 2 is 2.04 bits per heavy atom. The number of carbonyl (C=O) groups excluding carboxylic acids is 1. The van der Waals surface area contributed by atoms with Crippen molar-refractivity contribution in [3.63, 3.8) is 0 Å². The summed E-state index contributed by atoms with van der Waals surface area (Å²) in [5.41, 5.74) is 2.07. The largest absolute Gasteiger partial charge is 0.481 e. The average Bonchev–Trinajstić information content (AvgIpc) is 2.93. The number of aliphatic carboxylic acids is 1. The number of hydrogen-bond donors (Lipinski definition) is 2. The van der Waals surface area contributed by atoms with Crippen molar-refractivity contribution in [1.82, 2.24) is 20.1 Å². The van der Waals surface area contributed by atoms with Crippen LogP contribution in [0.25, 0.3) is 11.0 Å². The van der Waals surface area contributed by atoms with Crippen LogP contribution in [0, 0.1) is 6.92 Å². The molecule has 0 spiro atoms. The minimum atomic E-state index is -0.782. The molecular formula is C17H24N4O3. The Morgan fingerprint density at radius 1 is 1.29 bits per heavy atom. The van der Waals surface area contributed by atoms with Gasteiger partial charge in [0.15, 0.2) is 5.65 Å². The zero-order valence-electron chi connectivity index (χ0n) is 14.4. The number of carboxylic acids is 1. The van der Waals surface area contributed by atoms with Gasteiger partial charge in [-0.3, -0.25) is 9.59 Å². The molecule has 0 aliphatic heterocycles. The standard InChI is InChI=1S/C17H24N4O3/c1-11(2)21-16-14(10-19-21)13(9-12(3)20-16)17(24)18-8-6-4-5-7-15(22)23/h9-11H,4-8H2,1-3H3,(H,18,24)(H,22,23). The summed E-state index contributed by atoms with van der Waals surface area (Å²) >= 11 is 0. The Bertz CT molecular complexity index is 737. The zero-order valence-corrected chi connectivity index (χ0v) is 14.4. The first-order chi connectivity index (χ1) is 11.4. The fourth-order valence-corrected chi connectivity index (χ4v) is 2.58. The fraction of sp³-hybridized carbons (Fsp3) is 0.529. The third kappa shape index (κ3) is 4.31. The van der Waals surface area contributed by atoms with Crippen LogP contribution in [0.4, 0.5) is 0 Å². The van der Waals surface area contributed by atoms with Crippen LogP contribution in [0.15, 0.2) is 12.3 Å². The molecule has 2 rings (SSSR count). The van der Waals surface area contributed by atoms with Crippen LogP contribution in [-0.4, -0.2) is 38.3 Å². The van der Waals surface area contributed by atoms with Crippen molar-refractivity contribution in [3.05, 3.63) is 23.5 Å². The van der Waals surface area contributed by atoms with Crippen LogP contribution >= 0.6 is 0 Å².